The minimum Gasteiger partial charge on any atom is -0.483 e. The van der Waals surface area contributed by atoms with Gasteiger partial charge in [-0.15, -0.1) is 9.62 Å². The third kappa shape index (κ3) is 22.0. The van der Waals surface area contributed by atoms with Gasteiger partial charge < -0.3 is 53.6 Å². The van der Waals surface area contributed by atoms with Crippen molar-refractivity contribution in [3.8, 4) is 0 Å². The van der Waals surface area contributed by atoms with Crippen LogP contribution >= 0.6 is 28.9 Å². The third-order valence-electron chi connectivity index (χ3n) is 12.6. The summed E-state index contributed by atoms with van der Waals surface area (Å²) in [6.45, 7) is 6.65. The number of hydrogen-bond donors (Lipinski definition) is 3. The number of halogens is 4. The molecule has 7 unspecified atom stereocenters. The number of carboxylic acid groups (broad SMARTS) is 1. The number of carbonyl (C=O) groups is 2. The van der Waals surface area contributed by atoms with Crippen LogP contribution in [-0.2, 0) is 76.1 Å². The van der Waals surface area contributed by atoms with Gasteiger partial charge >= 0.3 is 8.03 Å². The molecule has 1 saturated carbocycles. The van der Waals surface area contributed by atoms with E-state index < -0.39 is 38.2 Å². The van der Waals surface area contributed by atoms with E-state index in [9.17, 15) is 22.5 Å². The number of rotatable bonds is 37. The summed E-state index contributed by atoms with van der Waals surface area (Å²) in [7, 11) is 0.791. The van der Waals surface area contributed by atoms with Crippen molar-refractivity contribution in [2.45, 2.75) is 77.4 Å². The summed E-state index contributed by atoms with van der Waals surface area (Å²) >= 11 is 6.51. The van der Waals surface area contributed by atoms with Gasteiger partial charge in [-0.3, -0.25) is 9.59 Å². The highest BCUT2D eigenvalue weighted by Gasteiger charge is 2.38. The Morgan fingerprint density at radius 1 is 0.873 bits per heavy atom. The molecule has 0 aliphatic heterocycles. The maximum absolute atomic E-state index is 13.7. The molecule has 3 aliphatic rings. The van der Waals surface area contributed by atoms with Crippen LogP contribution in [0.15, 0.2) is 60.0 Å². The van der Waals surface area contributed by atoms with Crippen molar-refractivity contribution in [2.24, 2.45) is 11.8 Å². The lowest BCUT2D eigenvalue weighted by molar-refractivity contribution is -0.125. The van der Waals surface area contributed by atoms with Crippen LogP contribution in [0, 0.1) is 11.8 Å². The number of aromatic nitrogens is 7. The number of nitrogens with one attached hydrogen (secondary N) is 2. The van der Waals surface area contributed by atoms with Gasteiger partial charge in [-0.1, -0.05) is 46.1 Å². The van der Waals surface area contributed by atoms with Crippen molar-refractivity contribution >= 4 is 58.1 Å². The second kappa shape index (κ2) is 36.7. The van der Waals surface area contributed by atoms with E-state index in [1.54, 1.807) is 17.1 Å². The molecule has 0 saturated heterocycles. The fourth-order valence-electron chi connectivity index (χ4n) is 8.92. The summed E-state index contributed by atoms with van der Waals surface area (Å²) in [5, 5.41) is 27.2. The highest BCUT2D eigenvalue weighted by molar-refractivity contribution is 7.49. The number of alkyl halides is 1. The molecule has 0 spiro atoms. The van der Waals surface area contributed by atoms with Gasteiger partial charge in [0.1, 0.15) is 35.9 Å². The van der Waals surface area contributed by atoms with Crippen LogP contribution in [0.4, 0.5) is 19.0 Å². The van der Waals surface area contributed by atoms with Crippen LogP contribution in [0.2, 0.25) is 5.28 Å². The Kier molecular flexibility index (Phi) is 30.3. The van der Waals surface area contributed by atoms with E-state index in [2.05, 4.69) is 40.2 Å². The Labute approximate surface area is 466 Å². The quantitative estimate of drug-likeness (QED) is 0.0173. The SMILES string of the molecule is C.O=C(NCCOCCOCCOCCOCc1cn(CCOCCOCCOCCOCCC2=C(F)CC(F)C=C2F)nn1)C1Cc2ccccc2C1Nc1nc(Cl)nc2c1cnn2C1CCC(CO[P+](=O)CP)C1.O=CO. The van der Waals surface area contributed by atoms with Gasteiger partial charge in [0.2, 0.25) is 11.2 Å². The Morgan fingerprint density at radius 2 is 1.51 bits per heavy atom. The van der Waals surface area contributed by atoms with E-state index in [1.807, 2.05) is 28.9 Å². The van der Waals surface area contributed by atoms with E-state index in [4.69, 9.17) is 69.0 Å². The number of allylic oxidation sites excluding steroid dienone is 3. The fraction of sp³-hybridized carbons (Fsp3) is 0.627. The number of amides is 1. The van der Waals surface area contributed by atoms with E-state index in [-0.39, 0.29) is 68.3 Å². The highest BCUT2D eigenvalue weighted by Crippen LogP contribution is 2.42. The minimum absolute atomic E-state index is 0. The number of hydrogen-bond acceptors (Lipinski definition) is 18. The van der Waals surface area contributed by atoms with Gasteiger partial charge in [0.25, 0.3) is 6.47 Å². The molecule has 4 aromatic rings. The van der Waals surface area contributed by atoms with Crippen molar-refractivity contribution in [2.75, 3.05) is 123 Å². The molecule has 1 aromatic carbocycles. The predicted octanol–water partition coefficient (Wildman–Crippen LogP) is 7.32. The summed E-state index contributed by atoms with van der Waals surface area (Å²) in [5.74, 6) is -0.928. The number of fused-ring (bicyclic) bond motifs is 2. The second-order valence-corrected chi connectivity index (χ2v) is 20.7. The molecular formula is C51H74ClF3N9O13P2+. The maximum atomic E-state index is 13.7. The molecule has 438 valence electrons. The molecule has 3 aromatic heterocycles. The number of carbonyl (C=O) groups excluding carboxylic acids is 1. The number of benzene rings is 1. The molecule has 7 atom stereocenters. The lowest BCUT2D eigenvalue weighted by Gasteiger charge is -2.22. The van der Waals surface area contributed by atoms with Gasteiger partial charge in [-0.05, 0) is 65.0 Å². The largest absolute Gasteiger partial charge is 0.511 e. The van der Waals surface area contributed by atoms with Crippen LogP contribution in [0.25, 0.3) is 11.0 Å². The van der Waals surface area contributed by atoms with Crippen molar-refractivity contribution in [3.05, 3.63) is 82.1 Å². The van der Waals surface area contributed by atoms with Crippen molar-refractivity contribution < 1.29 is 74.9 Å². The van der Waals surface area contributed by atoms with E-state index in [0.29, 0.717) is 147 Å². The van der Waals surface area contributed by atoms with Crippen LogP contribution < -0.4 is 10.6 Å². The highest BCUT2D eigenvalue weighted by atomic mass is 35.5. The van der Waals surface area contributed by atoms with Crippen LogP contribution in [0.5, 0.6) is 0 Å². The van der Waals surface area contributed by atoms with Gasteiger partial charge in [0, 0.05) is 25.0 Å². The normalized spacial score (nSPS) is 18.9. The lowest BCUT2D eigenvalue weighted by atomic mass is 9.99. The smallest absolute Gasteiger partial charge is 0.483 e. The second-order valence-electron chi connectivity index (χ2n) is 18.0. The molecule has 1 fully saturated rings. The fourth-order valence-corrected chi connectivity index (χ4v) is 9.89. The van der Waals surface area contributed by atoms with Crippen LogP contribution in [0.3, 0.4) is 0 Å². The van der Waals surface area contributed by atoms with Crippen molar-refractivity contribution in [3.63, 3.8) is 0 Å². The molecule has 0 radical (unpaired) electrons. The molecule has 1 amide bonds. The molecule has 3 heterocycles. The molecule has 79 heavy (non-hydrogen) atoms. The monoisotopic (exact) mass is 1170 g/mol. The number of anilines is 1. The summed E-state index contributed by atoms with van der Waals surface area (Å²) in [6.07, 6.45) is 5.52. The van der Waals surface area contributed by atoms with E-state index >= 15 is 0 Å². The van der Waals surface area contributed by atoms with E-state index in [0.717, 1.165) is 36.5 Å². The molecule has 3 N–H and O–H groups in total. The first kappa shape index (κ1) is 65.2. The first-order valence-electron chi connectivity index (χ1n) is 25.9. The molecule has 3 aliphatic carbocycles. The first-order chi connectivity index (χ1) is 38.1. The minimum atomic E-state index is -1.66. The first-order valence-corrected chi connectivity index (χ1v) is 28.4. The summed E-state index contributed by atoms with van der Waals surface area (Å²) in [5.41, 5.74) is 3.29. The summed E-state index contributed by atoms with van der Waals surface area (Å²) in [4.78, 5) is 31.2. The molecule has 0 bridgehead atoms. The maximum Gasteiger partial charge on any atom is 0.511 e. The average molecular weight is 1180 g/mol. The zero-order valence-corrected chi connectivity index (χ0v) is 46.2. The molecule has 22 nitrogen and oxygen atoms in total. The van der Waals surface area contributed by atoms with Gasteiger partial charge in [0.15, 0.2) is 11.6 Å². The number of ether oxygens (including phenoxy) is 8. The molecular weight excluding hydrogens is 1100 g/mol. The van der Waals surface area contributed by atoms with Gasteiger partial charge in [-0.2, -0.15) is 15.1 Å². The van der Waals surface area contributed by atoms with Gasteiger partial charge in [-0.25, -0.2) is 22.5 Å². The van der Waals surface area contributed by atoms with Crippen LogP contribution in [-0.4, -0.2) is 177 Å². The topological polar surface area (TPSA) is 253 Å². The molecule has 7 rings (SSSR count). The lowest BCUT2D eigenvalue weighted by Crippen LogP contribution is -2.37. The van der Waals surface area contributed by atoms with Crippen LogP contribution in [0.1, 0.15) is 68.4 Å². The predicted molar refractivity (Wildman–Crippen MR) is 290 cm³/mol. The summed E-state index contributed by atoms with van der Waals surface area (Å²) < 4.78 is 106. The standard InChI is InChI=1S/C49H67ClF3N9O11P2.CH2O2.CH4/c50-49-57-46(42-29-55-62(47(42)58-49)38-6-5-34(25-38)31-73-75(64)33-74)56-45-39-4-2-1-3-35(39)26-41(45)48(63)54-8-11-66-14-17-69-21-22-71-23-24-72-32-37-30-61(60-59-37)9-12-67-15-18-70-20-19-68-16-13-65-10-7-40-43(52)27-36(51)28-44(40)53;2-1-3;/h1-4,27,29-30,34,36,38,41,45H,5-26,28,31-33,74H2,(H-,54,55,56,57,58,63);1H,(H,2,3);1H4/p+1. The Hall–Kier alpha value is -4.62. The number of nitrogens with zero attached hydrogens (tertiary/aromatic N) is 7. The van der Waals surface area contributed by atoms with Crippen molar-refractivity contribution in [1.82, 2.24) is 40.1 Å². The molecule has 28 heteroatoms. The summed E-state index contributed by atoms with van der Waals surface area (Å²) in [6, 6.07) is 7.74. The Bertz CT molecular complexity index is 2540. The Morgan fingerprint density at radius 3 is 2.18 bits per heavy atom. The van der Waals surface area contributed by atoms with Gasteiger partial charge in [0.05, 0.1) is 148 Å². The van der Waals surface area contributed by atoms with Crippen molar-refractivity contribution in [1.29, 1.82) is 0 Å². The average Bonchev–Trinajstić information content (AvgIpc) is 4.33. The third-order valence-corrected chi connectivity index (χ3v) is 14.4. The van der Waals surface area contributed by atoms with E-state index in [1.165, 1.54) is 0 Å². The Balaban J connectivity index is 0.00000280. The zero-order valence-electron chi connectivity index (χ0n) is 43.4. The zero-order chi connectivity index (χ0) is 55.3.